The van der Waals surface area contributed by atoms with Gasteiger partial charge in [-0.3, -0.25) is 14.9 Å². The van der Waals surface area contributed by atoms with E-state index in [1.807, 2.05) is 0 Å². The van der Waals surface area contributed by atoms with Gasteiger partial charge < -0.3 is 5.21 Å². The third-order valence-electron chi connectivity index (χ3n) is 7.41. The first kappa shape index (κ1) is 24.2. The quantitative estimate of drug-likeness (QED) is 0.567. The fourth-order valence-electron chi connectivity index (χ4n) is 5.64. The molecule has 10 nitrogen and oxygen atoms in total. The summed E-state index contributed by atoms with van der Waals surface area (Å²) in [4.78, 5) is 14.8. The molecule has 0 radical (unpaired) electrons. The Morgan fingerprint density at radius 1 is 1.23 bits per heavy atom. The maximum Gasteiger partial charge on any atom is 0.436 e. The summed E-state index contributed by atoms with van der Waals surface area (Å²) >= 11 is 0. The van der Waals surface area contributed by atoms with Crippen molar-refractivity contribution in [3.05, 3.63) is 45.9 Å². The molecule has 1 aromatic heterocycles. The first-order chi connectivity index (χ1) is 16.6. The van der Waals surface area contributed by atoms with Gasteiger partial charge in [-0.05, 0) is 74.2 Å². The van der Waals surface area contributed by atoms with Crippen LogP contribution in [0.3, 0.4) is 0 Å². The zero-order valence-corrected chi connectivity index (χ0v) is 20.8. The number of fused-ring (bicyclic) bond motifs is 2. The third-order valence-corrected chi connectivity index (χ3v) is 9.01. The summed E-state index contributed by atoms with van der Waals surface area (Å²) in [6, 6.07) is 0.590. The average molecular weight is 507 g/mol. The number of rotatable bonds is 6. The molecule has 12 heteroatoms. The van der Waals surface area contributed by atoms with E-state index in [0.717, 1.165) is 54.0 Å². The van der Waals surface area contributed by atoms with Gasteiger partial charge in [0, 0.05) is 25.8 Å². The van der Waals surface area contributed by atoms with Gasteiger partial charge in [0.25, 0.3) is 0 Å². The number of aromatic nitrogens is 2. The molecule has 1 aliphatic heterocycles. The number of carbonyl (C=O) groups excluding carboxylic acids is 1. The first-order valence-electron chi connectivity index (χ1n) is 12.0. The molecule has 2 heterocycles. The van der Waals surface area contributed by atoms with Crippen LogP contribution in [0, 0.1) is 5.21 Å². The van der Waals surface area contributed by atoms with Crippen LogP contribution in [0.5, 0.6) is 0 Å². The Bertz CT molecular complexity index is 1220. The van der Waals surface area contributed by atoms with E-state index in [-0.39, 0.29) is 25.2 Å². The van der Waals surface area contributed by atoms with Crippen molar-refractivity contribution in [3.63, 3.8) is 0 Å². The SMILES string of the molecule is CN1C[C@H](F)C[C@H]1CN(c1cnn(C)c1)S(=O)(=O)[NH+]([O-])C(=O)Nc1c2c(cc3c1CCC3)CCC2. The maximum atomic E-state index is 14.0. The molecule has 2 aliphatic carbocycles. The van der Waals surface area contributed by atoms with Crippen LogP contribution in [0.15, 0.2) is 18.5 Å². The zero-order valence-electron chi connectivity index (χ0n) is 20.0. The van der Waals surface area contributed by atoms with Gasteiger partial charge in [-0.1, -0.05) is 6.07 Å². The Kier molecular flexibility index (Phi) is 6.32. The van der Waals surface area contributed by atoms with Gasteiger partial charge in [-0.2, -0.15) is 18.0 Å². The number of nitrogens with one attached hydrogen (secondary N) is 2. The molecule has 190 valence electrons. The highest BCUT2D eigenvalue weighted by Gasteiger charge is 2.40. The lowest BCUT2D eigenvalue weighted by atomic mass is 9.99. The van der Waals surface area contributed by atoms with Crippen molar-refractivity contribution in [2.45, 2.75) is 57.2 Å². The fraction of sp³-hybridized carbons (Fsp3) is 0.565. The molecular weight excluding hydrogens is 475 g/mol. The van der Waals surface area contributed by atoms with Gasteiger partial charge in [-0.25, -0.2) is 13.5 Å². The van der Waals surface area contributed by atoms with Crippen LogP contribution in [-0.4, -0.2) is 61.5 Å². The van der Waals surface area contributed by atoms with Crippen LogP contribution in [-0.2, 0) is 42.9 Å². The number of aryl methyl sites for hydroxylation is 3. The number of halogens is 1. The second-order valence-electron chi connectivity index (χ2n) is 9.81. The topological polar surface area (TPSA) is 115 Å². The van der Waals surface area contributed by atoms with Crippen molar-refractivity contribution in [2.24, 2.45) is 7.05 Å². The number of amides is 2. The minimum Gasteiger partial charge on any atom is -0.608 e. The number of alkyl halides is 1. The standard InChI is InChI=1S/C23H31FN6O4S/c1-27-12-17(24)10-18(27)14-29(19-11-25-28(2)13-19)35(33,34)30(32)23(31)26-22-20-7-3-5-15(20)9-16-6-4-8-21(16)22/h9,11,13,17-18,30H,3-8,10,12,14H2,1-2H3,(H,26,31)/t17-,18+/m1/s1. The largest absolute Gasteiger partial charge is 0.608 e. The van der Waals surface area contributed by atoms with E-state index in [1.54, 1.807) is 19.0 Å². The molecule has 2 amide bonds. The predicted molar refractivity (Wildman–Crippen MR) is 129 cm³/mol. The van der Waals surface area contributed by atoms with E-state index in [9.17, 15) is 22.8 Å². The molecular formula is C23H31FN6O4S. The van der Waals surface area contributed by atoms with Gasteiger partial charge >= 0.3 is 16.2 Å². The summed E-state index contributed by atoms with van der Waals surface area (Å²) in [5, 5.41) is 19.9. The number of likely N-dealkylation sites (tertiary alicyclic amines) is 1. The average Bonchev–Trinajstić information content (AvgIpc) is 3.59. The predicted octanol–water partition coefficient (Wildman–Crippen LogP) is 1.11. The number of nitrogens with zero attached hydrogens (tertiary/aromatic N) is 4. The zero-order chi connectivity index (χ0) is 24.9. The number of quaternary nitrogens is 1. The Labute approximate surface area is 204 Å². The Morgan fingerprint density at radius 3 is 2.43 bits per heavy atom. The second kappa shape index (κ2) is 9.16. The summed E-state index contributed by atoms with van der Waals surface area (Å²) in [6.07, 6.45) is 7.19. The highest BCUT2D eigenvalue weighted by molar-refractivity contribution is 7.86. The van der Waals surface area contributed by atoms with Crippen LogP contribution < -0.4 is 14.1 Å². The molecule has 2 aromatic rings. The first-order valence-corrected chi connectivity index (χ1v) is 13.5. The van der Waals surface area contributed by atoms with Gasteiger partial charge in [0.2, 0.25) is 0 Å². The van der Waals surface area contributed by atoms with Crippen LogP contribution >= 0.6 is 0 Å². The number of urea groups is 1. The molecule has 0 saturated carbocycles. The van der Waals surface area contributed by atoms with E-state index < -0.39 is 32.9 Å². The summed E-state index contributed by atoms with van der Waals surface area (Å²) in [5.41, 5.74) is 5.12. The van der Waals surface area contributed by atoms with Crippen LogP contribution in [0.1, 0.15) is 41.5 Å². The highest BCUT2D eigenvalue weighted by Crippen LogP contribution is 2.38. The Hall–Kier alpha value is -2.54. The minimum atomic E-state index is -4.74. The molecule has 2 N–H and O–H groups in total. The van der Waals surface area contributed by atoms with Gasteiger partial charge in [-0.15, -0.1) is 0 Å². The number of hydroxylamine groups is 1. The Morgan fingerprint density at radius 2 is 1.89 bits per heavy atom. The van der Waals surface area contributed by atoms with Crippen LogP contribution in [0.2, 0.25) is 0 Å². The van der Waals surface area contributed by atoms with E-state index >= 15 is 0 Å². The fourth-order valence-corrected chi connectivity index (χ4v) is 6.87. The maximum absolute atomic E-state index is 14.0. The molecule has 0 bridgehead atoms. The van der Waals surface area contributed by atoms with E-state index in [4.69, 9.17) is 0 Å². The summed E-state index contributed by atoms with van der Waals surface area (Å²) in [5.74, 6) is 0. The van der Waals surface area contributed by atoms with Crippen molar-refractivity contribution in [1.29, 1.82) is 0 Å². The molecule has 0 spiro atoms. The number of likely N-dealkylation sites (N-methyl/N-ethyl adjacent to an activating group) is 1. The number of anilines is 2. The normalized spacial score (nSPS) is 22.7. The number of hydrogen-bond acceptors (Lipinski definition) is 6. The molecule has 5 rings (SSSR count). The molecule has 35 heavy (non-hydrogen) atoms. The van der Waals surface area contributed by atoms with Gasteiger partial charge in [0.1, 0.15) is 6.17 Å². The van der Waals surface area contributed by atoms with Crippen LogP contribution in [0.4, 0.5) is 20.6 Å². The van der Waals surface area contributed by atoms with Crippen molar-refractivity contribution in [3.8, 4) is 0 Å². The van der Waals surface area contributed by atoms with Gasteiger partial charge in [0.05, 0.1) is 24.1 Å². The third kappa shape index (κ3) is 4.44. The lowest BCUT2D eigenvalue weighted by Crippen LogP contribution is -3.14. The van der Waals surface area contributed by atoms with Crippen molar-refractivity contribution in [1.82, 2.24) is 14.7 Å². The number of carbonyl (C=O) groups is 1. The van der Waals surface area contributed by atoms with E-state index in [1.165, 1.54) is 28.2 Å². The van der Waals surface area contributed by atoms with Crippen molar-refractivity contribution >= 4 is 27.6 Å². The lowest BCUT2D eigenvalue weighted by molar-refractivity contribution is -0.604. The monoisotopic (exact) mass is 506 g/mol. The molecule has 1 aromatic carbocycles. The molecule has 3 atom stereocenters. The molecule has 1 unspecified atom stereocenters. The molecule has 1 fully saturated rings. The number of benzene rings is 1. The summed E-state index contributed by atoms with van der Waals surface area (Å²) < 4.78 is 41.7. The number of hydrogen-bond donors (Lipinski definition) is 2. The van der Waals surface area contributed by atoms with E-state index in [2.05, 4.69) is 16.5 Å². The minimum absolute atomic E-state index is 0.144. The van der Waals surface area contributed by atoms with E-state index in [0.29, 0.717) is 5.69 Å². The smallest absolute Gasteiger partial charge is 0.436 e. The van der Waals surface area contributed by atoms with Crippen molar-refractivity contribution < 1.29 is 22.1 Å². The van der Waals surface area contributed by atoms with Crippen LogP contribution in [0.25, 0.3) is 0 Å². The second-order valence-corrected chi connectivity index (χ2v) is 11.6. The lowest BCUT2D eigenvalue weighted by Gasteiger charge is -2.31. The Balaban J connectivity index is 1.43. The summed E-state index contributed by atoms with van der Waals surface area (Å²) in [6.45, 7) is 0.0321. The molecule has 3 aliphatic rings. The molecule has 1 saturated heterocycles. The van der Waals surface area contributed by atoms with Crippen molar-refractivity contribution in [2.75, 3.05) is 29.8 Å². The highest BCUT2D eigenvalue weighted by atomic mass is 32.2. The van der Waals surface area contributed by atoms with Gasteiger partial charge in [0.15, 0.2) is 0 Å². The summed E-state index contributed by atoms with van der Waals surface area (Å²) in [7, 11) is -1.40.